The number of carbonyl (C=O) groups excluding carboxylic acids is 4. The summed E-state index contributed by atoms with van der Waals surface area (Å²) in [6.07, 6.45) is 2.40. The van der Waals surface area contributed by atoms with Crippen LogP contribution in [0.4, 0.5) is 11.4 Å². The maximum absolute atomic E-state index is 14.7. The van der Waals surface area contributed by atoms with Crippen molar-refractivity contribution in [3.63, 3.8) is 0 Å². The smallest absolute Gasteiger partial charge is 0.238 e. The number of hydrogen-bond acceptors (Lipinski definition) is 10. The van der Waals surface area contributed by atoms with Crippen LogP contribution in [0.5, 0.6) is 11.5 Å². The fourth-order valence-corrected chi connectivity index (χ4v) is 9.85. The molecule has 4 amide bonds. The van der Waals surface area contributed by atoms with E-state index in [-0.39, 0.29) is 30.4 Å². The monoisotopic (exact) mass is 782 g/mol. The number of aromatic hydroxyl groups is 1. The Bertz CT molecular complexity index is 2860. The van der Waals surface area contributed by atoms with Gasteiger partial charge in [-0.25, -0.2) is 9.97 Å². The minimum atomic E-state index is -0.876. The lowest BCUT2D eigenvalue weighted by atomic mass is 9.57. The lowest BCUT2D eigenvalue weighted by Gasteiger charge is -2.44. The van der Waals surface area contributed by atoms with Crippen molar-refractivity contribution in [2.75, 3.05) is 16.9 Å². The molecule has 7 aromatic rings. The summed E-state index contributed by atoms with van der Waals surface area (Å²) in [6, 6.07) is 33.6. The van der Waals surface area contributed by atoms with Gasteiger partial charge < -0.3 is 18.7 Å². The minimum Gasteiger partial charge on any atom is -0.508 e. The second-order valence-corrected chi connectivity index (χ2v) is 15.5. The second-order valence-electron chi connectivity index (χ2n) is 15.5. The van der Waals surface area contributed by atoms with Crippen molar-refractivity contribution in [1.82, 2.24) is 9.97 Å². The molecule has 3 fully saturated rings. The molecule has 2 aromatic heterocycles. The van der Waals surface area contributed by atoms with Crippen LogP contribution in [0.1, 0.15) is 24.3 Å². The van der Waals surface area contributed by atoms with Crippen molar-refractivity contribution >= 4 is 57.2 Å². The molecule has 2 aliphatic carbocycles. The minimum absolute atomic E-state index is 0.0610. The molecule has 11 rings (SSSR count). The number of oxazole rings is 2. The third-order valence-electron chi connectivity index (χ3n) is 12.6. The van der Waals surface area contributed by atoms with Crippen molar-refractivity contribution in [2.45, 2.75) is 18.8 Å². The van der Waals surface area contributed by atoms with Crippen molar-refractivity contribution in [1.29, 1.82) is 0 Å². The number of aromatic nitrogens is 2. The fourth-order valence-electron chi connectivity index (χ4n) is 9.85. The van der Waals surface area contributed by atoms with E-state index in [0.29, 0.717) is 62.3 Å². The van der Waals surface area contributed by atoms with Crippen molar-refractivity contribution in [3.05, 3.63) is 132 Å². The van der Waals surface area contributed by atoms with Crippen molar-refractivity contribution in [3.8, 4) is 34.4 Å². The van der Waals surface area contributed by atoms with Gasteiger partial charge in [-0.1, -0.05) is 35.9 Å². The van der Waals surface area contributed by atoms with Gasteiger partial charge in [0.15, 0.2) is 11.2 Å². The van der Waals surface area contributed by atoms with Gasteiger partial charge in [0.1, 0.15) is 22.5 Å². The Kier molecular flexibility index (Phi) is 7.74. The number of phenolic OH excluding ortho intramolecular Hbond substituents is 1. The number of para-hydroxylation sites is 4. The highest BCUT2D eigenvalue weighted by molar-refractivity contribution is 6.24. The molecule has 290 valence electrons. The molecule has 4 aliphatic rings. The number of benzene rings is 5. The summed E-state index contributed by atoms with van der Waals surface area (Å²) in [5.74, 6) is -4.69. The first-order valence-corrected chi connectivity index (χ1v) is 19.5. The van der Waals surface area contributed by atoms with Crippen LogP contribution in [0, 0.1) is 29.6 Å². The van der Waals surface area contributed by atoms with Crippen molar-refractivity contribution < 1.29 is 37.9 Å². The number of rotatable bonds is 6. The van der Waals surface area contributed by atoms with Crippen LogP contribution in [0.2, 0.25) is 0 Å². The summed E-state index contributed by atoms with van der Waals surface area (Å²) >= 11 is 0. The highest BCUT2D eigenvalue weighted by Crippen LogP contribution is 2.59. The van der Waals surface area contributed by atoms with E-state index in [4.69, 9.17) is 13.6 Å². The molecule has 59 heavy (non-hydrogen) atoms. The predicted octanol–water partition coefficient (Wildman–Crippen LogP) is 8.06. The standard InChI is InChI=1S/C47H34N4O8/c1-57-28-18-21-36(52)32(22-28)39-29-19-20-30-40(46(55)50(44(30)53)26-14-10-24(11-15-26)42-48-34-6-2-4-8-37(34)58-42)31(29)23-33-41(39)47(56)51(45(33)54)27-16-12-25(13-17-27)43-49-35-7-3-5-9-38(35)59-43/h2-19,21-22,30-31,33,39-41,52H,20,23H2,1H3. The number of hydrogen-bond donors (Lipinski definition) is 1. The Morgan fingerprint density at radius 1 is 0.627 bits per heavy atom. The summed E-state index contributed by atoms with van der Waals surface area (Å²) in [7, 11) is 1.51. The summed E-state index contributed by atoms with van der Waals surface area (Å²) in [6.45, 7) is 0. The van der Waals surface area contributed by atoms with Crippen LogP contribution in [-0.4, -0.2) is 45.8 Å². The van der Waals surface area contributed by atoms with Gasteiger partial charge in [0.2, 0.25) is 35.4 Å². The number of carbonyl (C=O) groups is 4. The van der Waals surface area contributed by atoms with Gasteiger partial charge in [-0.15, -0.1) is 0 Å². The van der Waals surface area contributed by atoms with Crippen LogP contribution < -0.4 is 14.5 Å². The Labute approximate surface area is 336 Å². The number of phenols is 1. The predicted molar refractivity (Wildman–Crippen MR) is 216 cm³/mol. The molecule has 5 aromatic carbocycles. The van der Waals surface area contributed by atoms with E-state index in [1.54, 1.807) is 60.7 Å². The first kappa shape index (κ1) is 34.9. The van der Waals surface area contributed by atoms with E-state index in [9.17, 15) is 24.3 Å². The molecule has 2 aliphatic heterocycles. The van der Waals surface area contributed by atoms with E-state index in [0.717, 1.165) is 11.1 Å². The molecule has 2 saturated heterocycles. The molecule has 6 unspecified atom stereocenters. The molecule has 0 radical (unpaired) electrons. The number of fused-ring (bicyclic) bond motifs is 6. The fraction of sp³-hybridized carbons (Fsp3) is 0.191. The van der Waals surface area contributed by atoms with Gasteiger partial charge in [-0.3, -0.25) is 29.0 Å². The summed E-state index contributed by atoms with van der Waals surface area (Å²) < 4.78 is 17.4. The lowest BCUT2D eigenvalue weighted by molar-refractivity contribution is -0.126. The Hall–Kier alpha value is -7.34. The van der Waals surface area contributed by atoms with E-state index < -0.39 is 47.3 Å². The average Bonchev–Trinajstić information content (AvgIpc) is 4.02. The van der Waals surface area contributed by atoms with Gasteiger partial charge >= 0.3 is 0 Å². The molecule has 6 atom stereocenters. The third kappa shape index (κ3) is 5.28. The van der Waals surface area contributed by atoms with Gasteiger partial charge in [0.25, 0.3) is 0 Å². The number of allylic oxidation sites excluding steroid dienone is 2. The number of imide groups is 2. The van der Waals surface area contributed by atoms with Gasteiger partial charge in [-0.2, -0.15) is 0 Å². The van der Waals surface area contributed by atoms with Gasteiger partial charge in [0, 0.05) is 22.6 Å². The Morgan fingerprint density at radius 2 is 1.17 bits per heavy atom. The molecule has 0 bridgehead atoms. The molecular formula is C47H34N4O8. The molecule has 0 spiro atoms. The third-order valence-corrected chi connectivity index (χ3v) is 12.6. The maximum atomic E-state index is 14.7. The Morgan fingerprint density at radius 3 is 1.73 bits per heavy atom. The zero-order chi connectivity index (χ0) is 40.1. The number of ether oxygens (including phenoxy) is 1. The van der Waals surface area contributed by atoms with Crippen LogP contribution >= 0.6 is 0 Å². The highest BCUT2D eigenvalue weighted by Gasteiger charge is 2.62. The SMILES string of the molecule is COc1ccc(O)c(C2C3=CCC4C(=O)N(c5ccc(-c6nc7ccccc7o6)cc5)C(=O)C4C3CC3C(=O)N(c4ccc(-c5nc6ccccc6o5)cc4)C(=O)C32)c1. The van der Waals surface area contributed by atoms with E-state index in [1.807, 2.05) is 54.6 Å². The van der Waals surface area contributed by atoms with E-state index in [1.165, 1.54) is 23.0 Å². The number of anilines is 2. The molecule has 1 saturated carbocycles. The number of methoxy groups -OCH3 is 1. The zero-order valence-corrected chi connectivity index (χ0v) is 31.5. The second kappa shape index (κ2) is 13.1. The van der Waals surface area contributed by atoms with E-state index in [2.05, 4.69) is 9.97 Å². The van der Waals surface area contributed by atoms with E-state index >= 15 is 0 Å². The normalized spacial score (nSPS) is 23.8. The lowest BCUT2D eigenvalue weighted by Crippen LogP contribution is -2.43. The van der Waals surface area contributed by atoms with Gasteiger partial charge in [-0.05, 0) is 110 Å². The Balaban J connectivity index is 0.938. The zero-order valence-electron chi connectivity index (χ0n) is 31.5. The number of amides is 4. The van der Waals surface area contributed by atoms with Crippen LogP contribution in [0.3, 0.4) is 0 Å². The highest BCUT2D eigenvalue weighted by atomic mass is 16.5. The summed E-state index contributed by atoms with van der Waals surface area (Å²) in [5.41, 5.74) is 6.10. The summed E-state index contributed by atoms with van der Waals surface area (Å²) in [4.78, 5) is 69.7. The summed E-state index contributed by atoms with van der Waals surface area (Å²) in [5, 5.41) is 11.4. The van der Waals surface area contributed by atoms with Crippen molar-refractivity contribution in [2.24, 2.45) is 29.6 Å². The molecule has 4 heterocycles. The average molecular weight is 783 g/mol. The molecule has 1 N–H and O–H groups in total. The molecular weight excluding hydrogens is 749 g/mol. The number of nitrogens with zero attached hydrogens (tertiary/aromatic N) is 4. The van der Waals surface area contributed by atoms with Crippen LogP contribution in [0.25, 0.3) is 45.1 Å². The molecule has 12 nitrogen and oxygen atoms in total. The molecule has 12 heteroatoms. The van der Waals surface area contributed by atoms with Crippen LogP contribution in [-0.2, 0) is 19.2 Å². The van der Waals surface area contributed by atoms with Crippen LogP contribution in [0.15, 0.2) is 136 Å². The largest absolute Gasteiger partial charge is 0.508 e. The maximum Gasteiger partial charge on any atom is 0.238 e. The topological polar surface area (TPSA) is 156 Å². The van der Waals surface area contributed by atoms with Gasteiger partial charge in [0.05, 0.1) is 42.2 Å². The first-order chi connectivity index (χ1) is 28.8. The first-order valence-electron chi connectivity index (χ1n) is 19.5. The quantitative estimate of drug-likeness (QED) is 0.129.